The second kappa shape index (κ2) is 9.04. The predicted octanol–water partition coefficient (Wildman–Crippen LogP) is 3.47. The Bertz CT molecular complexity index is 814. The third kappa shape index (κ3) is 4.43. The van der Waals surface area contributed by atoms with Crippen molar-refractivity contribution in [3.05, 3.63) is 53.3 Å². The normalized spacial score (nSPS) is 17.0. The van der Waals surface area contributed by atoms with Gasteiger partial charge in [-0.1, -0.05) is 44.2 Å². The topological polar surface area (TPSA) is 64.4 Å². The molecule has 1 aliphatic rings. The summed E-state index contributed by atoms with van der Waals surface area (Å²) in [5.74, 6) is -0.323. The van der Waals surface area contributed by atoms with Crippen LogP contribution in [0.5, 0.6) is 0 Å². The number of ether oxygens (including phenoxy) is 1. The minimum Gasteiger partial charge on any atom is -0.466 e. The Labute approximate surface area is 166 Å². The summed E-state index contributed by atoms with van der Waals surface area (Å²) in [6.07, 6.45) is 3.26. The number of carbonyl (C=O) groups is 2. The zero-order chi connectivity index (χ0) is 20.1. The fraction of sp³-hybridized carbons (Fsp3) is 0.500. The van der Waals surface area contributed by atoms with E-state index in [0.717, 1.165) is 24.1 Å². The van der Waals surface area contributed by atoms with Crippen molar-refractivity contribution in [2.45, 2.75) is 46.1 Å². The van der Waals surface area contributed by atoms with Crippen molar-refractivity contribution in [3.8, 4) is 0 Å². The highest BCUT2D eigenvalue weighted by molar-refractivity contribution is 5.95. The zero-order valence-electron chi connectivity index (χ0n) is 16.9. The van der Waals surface area contributed by atoms with Gasteiger partial charge >= 0.3 is 5.97 Å². The molecule has 0 aliphatic carbocycles. The van der Waals surface area contributed by atoms with E-state index < -0.39 is 0 Å². The molecule has 0 N–H and O–H groups in total. The van der Waals surface area contributed by atoms with Crippen LogP contribution < -0.4 is 0 Å². The van der Waals surface area contributed by atoms with Gasteiger partial charge in [-0.15, -0.1) is 0 Å². The van der Waals surface area contributed by atoms with Crippen molar-refractivity contribution < 1.29 is 14.3 Å². The summed E-state index contributed by atoms with van der Waals surface area (Å²) in [6, 6.07) is 10.1. The van der Waals surface area contributed by atoms with Gasteiger partial charge in [-0.3, -0.25) is 14.3 Å². The van der Waals surface area contributed by atoms with Crippen molar-refractivity contribution in [2.75, 3.05) is 19.7 Å². The average Bonchev–Trinajstić information content (AvgIpc) is 3.12. The molecule has 6 heteroatoms. The van der Waals surface area contributed by atoms with Crippen LogP contribution in [0.2, 0.25) is 0 Å². The minimum absolute atomic E-state index is 0.0444. The molecule has 1 atom stereocenters. The summed E-state index contributed by atoms with van der Waals surface area (Å²) in [5, 5.41) is 4.51. The first-order valence-corrected chi connectivity index (χ1v) is 10.1. The van der Waals surface area contributed by atoms with Gasteiger partial charge in [0.05, 0.1) is 36.5 Å². The molecule has 0 spiro atoms. The number of rotatable bonds is 6. The van der Waals surface area contributed by atoms with Crippen LogP contribution in [0, 0.1) is 5.92 Å². The van der Waals surface area contributed by atoms with Gasteiger partial charge in [0.15, 0.2) is 0 Å². The molecule has 1 aromatic carbocycles. The first kappa shape index (κ1) is 20.1. The number of hydrogen-bond donors (Lipinski definition) is 0. The van der Waals surface area contributed by atoms with Gasteiger partial charge < -0.3 is 9.64 Å². The molecule has 1 fully saturated rings. The van der Waals surface area contributed by atoms with Gasteiger partial charge in [0.1, 0.15) is 0 Å². The highest BCUT2D eigenvalue weighted by Crippen LogP contribution is 2.25. The number of benzene rings is 1. The van der Waals surface area contributed by atoms with Crippen LogP contribution in [0.15, 0.2) is 36.5 Å². The number of likely N-dealkylation sites (tertiary alicyclic amines) is 1. The molecule has 2 aromatic rings. The van der Waals surface area contributed by atoms with Gasteiger partial charge in [-0.25, -0.2) is 0 Å². The Hall–Kier alpha value is -2.63. The van der Waals surface area contributed by atoms with Crippen molar-refractivity contribution in [2.24, 2.45) is 5.92 Å². The molecule has 0 saturated carbocycles. The molecule has 1 amide bonds. The largest absolute Gasteiger partial charge is 0.466 e. The number of esters is 1. The summed E-state index contributed by atoms with van der Waals surface area (Å²) < 4.78 is 7.07. The van der Waals surface area contributed by atoms with Gasteiger partial charge in [0, 0.05) is 13.1 Å². The molecule has 0 bridgehead atoms. The minimum atomic E-state index is -0.237. The standard InChI is InChI=1S/C22H29N3O3/c1-4-28-22(27)18-11-8-12-24(15-18)21(26)19-13-23-25(20(19)16(2)3)14-17-9-6-5-7-10-17/h5-7,9-10,13,16,18H,4,8,11-12,14-15H2,1-3H3. The van der Waals surface area contributed by atoms with Crippen LogP contribution in [0.4, 0.5) is 0 Å². The maximum Gasteiger partial charge on any atom is 0.310 e. The number of nitrogens with zero attached hydrogens (tertiary/aromatic N) is 3. The quantitative estimate of drug-likeness (QED) is 0.717. The number of carbonyl (C=O) groups excluding carboxylic acids is 2. The van der Waals surface area contributed by atoms with Crippen LogP contribution in [0.25, 0.3) is 0 Å². The van der Waals surface area contributed by atoms with Crippen molar-refractivity contribution in [1.82, 2.24) is 14.7 Å². The van der Waals surface area contributed by atoms with Crippen LogP contribution in [0.3, 0.4) is 0 Å². The van der Waals surface area contributed by atoms with Crippen LogP contribution in [-0.2, 0) is 16.1 Å². The second-order valence-corrected chi connectivity index (χ2v) is 7.58. The molecule has 1 aliphatic heterocycles. The molecule has 28 heavy (non-hydrogen) atoms. The van der Waals surface area contributed by atoms with Crippen LogP contribution in [0.1, 0.15) is 61.1 Å². The van der Waals surface area contributed by atoms with E-state index in [0.29, 0.717) is 31.8 Å². The highest BCUT2D eigenvalue weighted by atomic mass is 16.5. The highest BCUT2D eigenvalue weighted by Gasteiger charge is 2.32. The van der Waals surface area contributed by atoms with E-state index in [1.54, 1.807) is 18.0 Å². The van der Waals surface area contributed by atoms with E-state index in [-0.39, 0.29) is 23.7 Å². The Balaban J connectivity index is 1.80. The Morgan fingerprint density at radius 3 is 2.68 bits per heavy atom. The first-order valence-electron chi connectivity index (χ1n) is 10.1. The number of amides is 1. The van der Waals surface area contributed by atoms with Gasteiger partial charge in [0.2, 0.25) is 0 Å². The van der Waals surface area contributed by atoms with E-state index >= 15 is 0 Å². The molecule has 1 unspecified atom stereocenters. The van der Waals surface area contributed by atoms with Crippen molar-refractivity contribution in [3.63, 3.8) is 0 Å². The predicted molar refractivity (Wildman–Crippen MR) is 107 cm³/mol. The summed E-state index contributed by atoms with van der Waals surface area (Å²) in [5.41, 5.74) is 2.72. The van der Waals surface area contributed by atoms with E-state index in [4.69, 9.17) is 4.74 Å². The van der Waals surface area contributed by atoms with Gasteiger partial charge in [0.25, 0.3) is 5.91 Å². The molecule has 3 rings (SSSR count). The van der Waals surface area contributed by atoms with E-state index in [2.05, 4.69) is 31.1 Å². The molecular formula is C22H29N3O3. The smallest absolute Gasteiger partial charge is 0.310 e. The van der Waals surface area contributed by atoms with E-state index in [1.807, 2.05) is 22.9 Å². The van der Waals surface area contributed by atoms with Gasteiger partial charge in [-0.2, -0.15) is 5.10 Å². The molecule has 6 nitrogen and oxygen atoms in total. The molecule has 1 aromatic heterocycles. The number of hydrogen-bond acceptors (Lipinski definition) is 4. The SMILES string of the molecule is CCOC(=O)C1CCCN(C(=O)c2cnn(Cc3ccccc3)c2C(C)C)C1. The third-order valence-electron chi connectivity index (χ3n) is 5.16. The number of aromatic nitrogens is 2. The lowest BCUT2D eigenvalue weighted by Crippen LogP contribution is -2.43. The fourth-order valence-electron chi connectivity index (χ4n) is 3.84. The zero-order valence-corrected chi connectivity index (χ0v) is 16.9. The lowest BCUT2D eigenvalue weighted by molar-refractivity contribution is -0.149. The molecule has 0 radical (unpaired) electrons. The van der Waals surface area contributed by atoms with Gasteiger partial charge in [-0.05, 0) is 31.2 Å². The molecule has 1 saturated heterocycles. The summed E-state index contributed by atoms with van der Waals surface area (Å²) in [7, 11) is 0. The van der Waals surface area contributed by atoms with E-state index in [1.165, 1.54) is 0 Å². The Morgan fingerprint density at radius 2 is 2.00 bits per heavy atom. The number of piperidine rings is 1. The first-order chi connectivity index (χ1) is 13.5. The Kier molecular flexibility index (Phi) is 6.49. The maximum atomic E-state index is 13.2. The molecule has 150 valence electrons. The van der Waals surface area contributed by atoms with Crippen molar-refractivity contribution in [1.29, 1.82) is 0 Å². The average molecular weight is 383 g/mol. The maximum absolute atomic E-state index is 13.2. The second-order valence-electron chi connectivity index (χ2n) is 7.58. The summed E-state index contributed by atoms with van der Waals surface area (Å²) >= 11 is 0. The molecular weight excluding hydrogens is 354 g/mol. The third-order valence-corrected chi connectivity index (χ3v) is 5.16. The van der Waals surface area contributed by atoms with Crippen LogP contribution in [-0.4, -0.2) is 46.3 Å². The lowest BCUT2D eigenvalue weighted by atomic mass is 9.97. The molecule has 2 heterocycles. The van der Waals surface area contributed by atoms with E-state index in [9.17, 15) is 9.59 Å². The summed E-state index contributed by atoms with van der Waals surface area (Å²) in [4.78, 5) is 27.1. The fourth-order valence-corrected chi connectivity index (χ4v) is 3.84. The van der Waals surface area contributed by atoms with Crippen LogP contribution >= 0.6 is 0 Å². The Morgan fingerprint density at radius 1 is 1.25 bits per heavy atom. The monoisotopic (exact) mass is 383 g/mol. The lowest BCUT2D eigenvalue weighted by Gasteiger charge is -2.31. The summed E-state index contributed by atoms with van der Waals surface area (Å²) in [6.45, 7) is 8.04. The van der Waals surface area contributed by atoms with Crippen molar-refractivity contribution >= 4 is 11.9 Å².